The van der Waals surface area contributed by atoms with Crippen LogP contribution in [-0.4, -0.2) is 19.2 Å². The van der Waals surface area contributed by atoms with E-state index in [1.807, 2.05) is 0 Å². The van der Waals surface area contributed by atoms with E-state index in [0.717, 1.165) is 6.21 Å². The van der Waals surface area contributed by atoms with Gasteiger partial charge in [-0.15, -0.1) is 0 Å². The zero-order valence-electron chi connectivity index (χ0n) is 3.70. The zero-order chi connectivity index (χ0) is 5.91. The Bertz CT molecular complexity index is 156. The van der Waals surface area contributed by atoms with Crippen molar-refractivity contribution in [2.75, 3.05) is 0 Å². The molecule has 0 heterocycles. The van der Waals surface area contributed by atoms with Crippen LogP contribution >= 0.6 is 0 Å². The third-order valence-corrected chi connectivity index (χ3v) is 0.716. The largest absolute Gasteiger partial charge is 0.378 e. The molecular formula is C2H5NO3S. The third-order valence-electron chi connectivity index (χ3n) is 0.239. The summed E-state index contributed by atoms with van der Waals surface area (Å²) in [5, 5.41) is 0. The van der Waals surface area contributed by atoms with E-state index >= 15 is 0 Å². The smallest absolute Gasteiger partial charge is 0.268 e. The van der Waals surface area contributed by atoms with Crippen LogP contribution in [0.2, 0.25) is 0 Å². The molecule has 5 heteroatoms. The van der Waals surface area contributed by atoms with Gasteiger partial charge in [0.05, 0.1) is 0 Å². The molecule has 1 N–H and O–H groups in total. The molecule has 0 aromatic rings. The molecule has 0 radical (unpaired) electrons. The lowest BCUT2D eigenvalue weighted by molar-refractivity contribution is 0.485. The first-order chi connectivity index (χ1) is 3.06. The summed E-state index contributed by atoms with van der Waals surface area (Å²) in [5.74, 6) is 0. The van der Waals surface area contributed by atoms with E-state index in [9.17, 15) is 8.42 Å². The summed E-state index contributed by atoms with van der Waals surface area (Å²) in [6, 6.07) is 0. The predicted octanol–water partition coefficient (Wildman–Crippen LogP) is -0.120. The first kappa shape index (κ1) is 6.58. The molecule has 0 aromatic carbocycles. The average Bonchev–Trinajstić information content (AvgIpc) is 1.30. The molecule has 0 bridgehead atoms. The molecule has 0 atom stereocenters. The fourth-order valence-electron chi connectivity index (χ4n) is 0.133. The SMILES string of the molecule is CC=NS(=O)(=O)O. The number of rotatable bonds is 1. The van der Waals surface area contributed by atoms with Crippen LogP contribution < -0.4 is 0 Å². The van der Waals surface area contributed by atoms with Gasteiger partial charge in [-0.05, 0) is 6.92 Å². The first-order valence-corrected chi connectivity index (χ1v) is 2.93. The minimum Gasteiger partial charge on any atom is -0.268 e. The van der Waals surface area contributed by atoms with Crippen molar-refractivity contribution in [2.24, 2.45) is 4.40 Å². The fraction of sp³-hybridized carbons (Fsp3) is 0.500. The van der Waals surface area contributed by atoms with Crippen LogP contribution in [0.4, 0.5) is 0 Å². The molecule has 0 amide bonds. The lowest BCUT2D eigenvalue weighted by atomic mass is 10.9. The molecule has 0 aliphatic rings. The summed E-state index contributed by atoms with van der Waals surface area (Å²) in [6.07, 6.45) is 0.995. The van der Waals surface area contributed by atoms with Crippen molar-refractivity contribution < 1.29 is 13.0 Å². The van der Waals surface area contributed by atoms with E-state index < -0.39 is 10.3 Å². The fourth-order valence-corrected chi connectivity index (χ4v) is 0.400. The lowest BCUT2D eigenvalue weighted by Gasteiger charge is -1.76. The summed E-state index contributed by atoms with van der Waals surface area (Å²) < 4.78 is 29.6. The highest BCUT2D eigenvalue weighted by molar-refractivity contribution is 7.84. The minimum atomic E-state index is -4.10. The van der Waals surface area contributed by atoms with Gasteiger partial charge >= 0.3 is 10.3 Å². The standard InChI is InChI=1S/C2H5NO3S/c1-2-3-7(4,5)6/h2H,1H3,(H,4,5,6). The zero-order valence-corrected chi connectivity index (χ0v) is 4.51. The van der Waals surface area contributed by atoms with Gasteiger partial charge in [-0.1, -0.05) is 0 Å². The van der Waals surface area contributed by atoms with Crippen LogP contribution in [0.15, 0.2) is 4.40 Å². The molecule has 0 aliphatic heterocycles. The molecule has 0 spiro atoms. The maximum absolute atomic E-state index is 9.59. The topological polar surface area (TPSA) is 66.7 Å². The molecule has 0 rings (SSSR count). The molecule has 0 fully saturated rings. The van der Waals surface area contributed by atoms with Crippen LogP contribution in [-0.2, 0) is 10.3 Å². The van der Waals surface area contributed by atoms with Crippen LogP contribution in [0.5, 0.6) is 0 Å². The molecule has 7 heavy (non-hydrogen) atoms. The van der Waals surface area contributed by atoms with E-state index in [1.165, 1.54) is 6.92 Å². The summed E-state index contributed by atoms with van der Waals surface area (Å²) in [4.78, 5) is 0. The highest BCUT2D eigenvalue weighted by atomic mass is 32.2. The Morgan fingerprint density at radius 2 is 2.14 bits per heavy atom. The second-order valence-electron chi connectivity index (χ2n) is 0.811. The maximum Gasteiger partial charge on any atom is 0.378 e. The Morgan fingerprint density at radius 3 is 2.14 bits per heavy atom. The van der Waals surface area contributed by atoms with Crippen molar-refractivity contribution in [3.05, 3.63) is 0 Å². The second kappa shape index (κ2) is 2.04. The molecule has 0 saturated heterocycles. The summed E-state index contributed by atoms with van der Waals surface area (Å²) in [7, 11) is -4.10. The van der Waals surface area contributed by atoms with E-state index in [2.05, 4.69) is 4.40 Å². The van der Waals surface area contributed by atoms with Gasteiger partial charge in [0, 0.05) is 6.21 Å². The number of hydrogen-bond donors (Lipinski definition) is 1. The van der Waals surface area contributed by atoms with Crippen molar-refractivity contribution in [3.8, 4) is 0 Å². The normalized spacial score (nSPS) is 12.9. The van der Waals surface area contributed by atoms with Crippen molar-refractivity contribution >= 4 is 16.5 Å². The Hall–Kier alpha value is -0.420. The maximum atomic E-state index is 9.59. The van der Waals surface area contributed by atoms with Crippen molar-refractivity contribution in [2.45, 2.75) is 6.92 Å². The average molecular weight is 123 g/mol. The highest BCUT2D eigenvalue weighted by Gasteiger charge is 1.91. The van der Waals surface area contributed by atoms with Gasteiger partial charge in [-0.2, -0.15) is 12.8 Å². The van der Waals surface area contributed by atoms with Gasteiger partial charge in [0.25, 0.3) is 0 Å². The number of nitrogens with zero attached hydrogens (tertiary/aromatic N) is 1. The van der Waals surface area contributed by atoms with E-state index in [0.29, 0.717) is 0 Å². The van der Waals surface area contributed by atoms with Gasteiger partial charge in [-0.25, -0.2) is 0 Å². The van der Waals surface area contributed by atoms with Crippen molar-refractivity contribution in [1.82, 2.24) is 0 Å². The van der Waals surface area contributed by atoms with Gasteiger partial charge in [0.2, 0.25) is 0 Å². The molecule has 0 saturated carbocycles. The van der Waals surface area contributed by atoms with Crippen LogP contribution in [0.25, 0.3) is 0 Å². The van der Waals surface area contributed by atoms with Gasteiger partial charge in [0.1, 0.15) is 0 Å². The van der Waals surface area contributed by atoms with Crippen LogP contribution in [0, 0.1) is 0 Å². The molecule has 0 aromatic heterocycles. The Kier molecular flexibility index (Phi) is 1.91. The Balaban J connectivity index is 4.13. The molecular weight excluding hydrogens is 118 g/mol. The van der Waals surface area contributed by atoms with Crippen LogP contribution in [0.1, 0.15) is 6.92 Å². The first-order valence-electron chi connectivity index (χ1n) is 1.53. The summed E-state index contributed by atoms with van der Waals surface area (Å²) in [5.41, 5.74) is 0. The molecule has 4 nitrogen and oxygen atoms in total. The van der Waals surface area contributed by atoms with E-state index in [1.54, 1.807) is 0 Å². The Morgan fingerprint density at radius 1 is 1.71 bits per heavy atom. The second-order valence-corrected chi connectivity index (χ2v) is 1.92. The molecule has 0 aliphatic carbocycles. The molecule has 42 valence electrons. The summed E-state index contributed by atoms with van der Waals surface area (Å²) >= 11 is 0. The summed E-state index contributed by atoms with van der Waals surface area (Å²) in [6.45, 7) is 1.40. The minimum absolute atomic E-state index is 0.995. The predicted molar refractivity (Wildman–Crippen MR) is 25.7 cm³/mol. The monoisotopic (exact) mass is 123 g/mol. The lowest BCUT2D eigenvalue weighted by Crippen LogP contribution is -1.89. The van der Waals surface area contributed by atoms with E-state index in [-0.39, 0.29) is 0 Å². The quantitative estimate of drug-likeness (QED) is 0.390. The Labute approximate surface area is 41.8 Å². The van der Waals surface area contributed by atoms with E-state index in [4.69, 9.17) is 4.55 Å². The van der Waals surface area contributed by atoms with Gasteiger partial charge in [-0.3, -0.25) is 4.55 Å². The van der Waals surface area contributed by atoms with Crippen molar-refractivity contribution in [3.63, 3.8) is 0 Å². The highest BCUT2D eigenvalue weighted by Crippen LogP contribution is 1.77. The number of hydrogen-bond acceptors (Lipinski definition) is 2. The molecule has 0 unspecified atom stereocenters. The third kappa shape index (κ3) is 5.58. The van der Waals surface area contributed by atoms with Crippen molar-refractivity contribution in [1.29, 1.82) is 0 Å². The van der Waals surface area contributed by atoms with Crippen LogP contribution in [0.3, 0.4) is 0 Å². The van der Waals surface area contributed by atoms with Gasteiger partial charge in [0.15, 0.2) is 0 Å². The van der Waals surface area contributed by atoms with Gasteiger partial charge < -0.3 is 0 Å².